The second-order valence-corrected chi connectivity index (χ2v) is 3.16. The molecule has 1 aromatic carbocycles. The van der Waals surface area contributed by atoms with E-state index in [0.29, 0.717) is 12.1 Å². The molecule has 85 valence electrons. The highest BCUT2D eigenvalue weighted by atomic mass is 16.5. The second kappa shape index (κ2) is 6.63. The third-order valence-corrected chi connectivity index (χ3v) is 1.92. The third kappa shape index (κ3) is 4.14. The van der Waals surface area contributed by atoms with E-state index in [1.807, 2.05) is 0 Å². The Balaban J connectivity index is 2.48. The van der Waals surface area contributed by atoms with Crippen molar-refractivity contribution in [1.82, 2.24) is 0 Å². The minimum atomic E-state index is -0.517. The number of carbonyl (C=O) groups is 1. The molecule has 0 aliphatic rings. The first kappa shape index (κ1) is 12.3. The Kier molecular flexibility index (Phi) is 5.08. The molecule has 1 aromatic rings. The van der Waals surface area contributed by atoms with Crippen LogP contribution in [0.2, 0.25) is 0 Å². The average Bonchev–Trinajstić information content (AvgIpc) is 2.29. The zero-order valence-electron chi connectivity index (χ0n) is 8.94. The summed E-state index contributed by atoms with van der Waals surface area (Å²) in [5.41, 5.74) is 1.60. The molecule has 4 nitrogen and oxygen atoms in total. The van der Waals surface area contributed by atoms with Crippen LogP contribution in [0.1, 0.15) is 5.56 Å². The molecular formula is C12H14NO3. The number of nitrogens with one attached hydrogen (secondary N) is 1. The van der Waals surface area contributed by atoms with Gasteiger partial charge in [-0.2, -0.15) is 0 Å². The van der Waals surface area contributed by atoms with Crippen molar-refractivity contribution < 1.29 is 14.6 Å². The lowest BCUT2D eigenvalue weighted by atomic mass is 10.1. The second-order valence-electron chi connectivity index (χ2n) is 3.16. The number of benzene rings is 1. The normalized spacial score (nSPS) is 9.56. The van der Waals surface area contributed by atoms with E-state index in [1.165, 1.54) is 6.08 Å². The maximum absolute atomic E-state index is 11.2. The van der Waals surface area contributed by atoms with Gasteiger partial charge in [-0.25, -0.2) is 9.90 Å². The van der Waals surface area contributed by atoms with Gasteiger partial charge >= 0.3 is 6.09 Å². The molecule has 0 aliphatic carbocycles. The van der Waals surface area contributed by atoms with E-state index in [-0.39, 0.29) is 13.2 Å². The van der Waals surface area contributed by atoms with E-state index in [4.69, 9.17) is 4.74 Å². The number of ether oxygens (including phenoxy) is 1. The van der Waals surface area contributed by atoms with Gasteiger partial charge in [0, 0.05) is 5.69 Å². The van der Waals surface area contributed by atoms with E-state index in [0.717, 1.165) is 5.56 Å². The summed E-state index contributed by atoms with van der Waals surface area (Å²) in [6.45, 7) is 3.49. The monoisotopic (exact) mass is 220 g/mol. The van der Waals surface area contributed by atoms with Crippen LogP contribution in [0, 0.1) is 0 Å². The smallest absolute Gasteiger partial charge is 0.411 e. The van der Waals surface area contributed by atoms with Gasteiger partial charge in [-0.3, -0.25) is 5.32 Å². The third-order valence-electron chi connectivity index (χ3n) is 1.92. The van der Waals surface area contributed by atoms with Crippen molar-refractivity contribution in [2.45, 2.75) is 6.42 Å². The van der Waals surface area contributed by atoms with Crippen LogP contribution in [0.5, 0.6) is 0 Å². The molecule has 0 aromatic heterocycles. The fourth-order valence-corrected chi connectivity index (χ4v) is 1.16. The Morgan fingerprint density at radius 1 is 1.38 bits per heavy atom. The molecule has 0 heterocycles. The molecule has 0 saturated heterocycles. The summed E-state index contributed by atoms with van der Waals surface area (Å²) >= 11 is 0. The van der Waals surface area contributed by atoms with Crippen LogP contribution in [-0.2, 0) is 16.3 Å². The van der Waals surface area contributed by atoms with Gasteiger partial charge < -0.3 is 4.74 Å². The molecule has 1 rings (SSSR count). The van der Waals surface area contributed by atoms with Crippen LogP contribution < -0.4 is 5.32 Å². The number of carbonyl (C=O) groups excluding carboxylic acids is 1. The van der Waals surface area contributed by atoms with Gasteiger partial charge in [-0.1, -0.05) is 24.8 Å². The van der Waals surface area contributed by atoms with Crippen molar-refractivity contribution in [3.63, 3.8) is 0 Å². The predicted octanol–water partition coefficient (Wildman–Crippen LogP) is 2.39. The molecule has 0 fully saturated rings. The van der Waals surface area contributed by atoms with Gasteiger partial charge in [0.25, 0.3) is 0 Å². The van der Waals surface area contributed by atoms with Crippen molar-refractivity contribution in [1.29, 1.82) is 0 Å². The largest absolute Gasteiger partial charge is 0.445 e. The van der Waals surface area contributed by atoms with Crippen molar-refractivity contribution in [3.8, 4) is 0 Å². The Labute approximate surface area is 94.6 Å². The molecule has 0 spiro atoms. The van der Waals surface area contributed by atoms with Crippen LogP contribution in [0.4, 0.5) is 10.5 Å². The zero-order chi connectivity index (χ0) is 11.8. The first-order chi connectivity index (χ1) is 7.76. The molecule has 1 amide bonds. The molecule has 0 aliphatic heterocycles. The number of hydrogen-bond acceptors (Lipinski definition) is 2. The van der Waals surface area contributed by atoms with Gasteiger partial charge in [0.2, 0.25) is 0 Å². The van der Waals surface area contributed by atoms with E-state index >= 15 is 0 Å². The maximum Gasteiger partial charge on any atom is 0.411 e. The molecular weight excluding hydrogens is 206 g/mol. The lowest BCUT2D eigenvalue weighted by molar-refractivity contribution is 0.174. The van der Waals surface area contributed by atoms with Gasteiger partial charge in [-0.05, 0) is 24.1 Å². The summed E-state index contributed by atoms with van der Waals surface area (Å²) in [7, 11) is 0. The summed E-state index contributed by atoms with van der Waals surface area (Å²) in [6.07, 6.45) is 1.48. The lowest BCUT2D eigenvalue weighted by Gasteiger charge is -2.05. The van der Waals surface area contributed by atoms with E-state index in [9.17, 15) is 9.90 Å². The summed E-state index contributed by atoms with van der Waals surface area (Å²) in [6, 6.07) is 7.09. The summed E-state index contributed by atoms with van der Waals surface area (Å²) in [5, 5.41) is 12.9. The highest BCUT2D eigenvalue weighted by Crippen LogP contribution is 2.10. The van der Waals surface area contributed by atoms with Crippen LogP contribution in [0.25, 0.3) is 0 Å². The number of hydrogen-bond donors (Lipinski definition) is 1. The maximum atomic E-state index is 11.2. The van der Waals surface area contributed by atoms with Gasteiger partial charge in [0.1, 0.15) is 6.61 Å². The van der Waals surface area contributed by atoms with Crippen LogP contribution in [0.3, 0.4) is 0 Å². The first-order valence-corrected chi connectivity index (χ1v) is 4.98. The summed E-state index contributed by atoms with van der Waals surface area (Å²) in [5.74, 6) is 0. The topological polar surface area (TPSA) is 58.2 Å². The molecule has 4 heteroatoms. The predicted molar refractivity (Wildman–Crippen MR) is 60.9 cm³/mol. The number of amides is 1. The van der Waals surface area contributed by atoms with Crippen LogP contribution in [-0.4, -0.2) is 19.3 Å². The Morgan fingerprint density at radius 3 is 2.62 bits per heavy atom. The molecule has 0 bridgehead atoms. The van der Waals surface area contributed by atoms with Crippen LogP contribution >= 0.6 is 0 Å². The van der Waals surface area contributed by atoms with E-state index < -0.39 is 6.09 Å². The summed E-state index contributed by atoms with van der Waals surface area (Å²) < 4.78 is 4.75. The van der Waals surface area contributed by atoms with E-state index in [1.54, 1.807) is 24.3 Å². The first-order valence-electron chi connectivity index (χ1n) is 4.98. The standard InChI is InChI=1S/C12H14NO3/c1-2-9-16-12(15)13-11-5-3-10(4-6-11)7-8-14/h2-6H,1,7-9H2,(H,13,15). The van der Waals surface area contributed by atoms with Gasteiger partial charge in [-0.15, -0.1) is 0 Å². The van der Waals surface area contributed by atoms with Gasteiger partial charge in [0.05, 0.1) is 6.61 Å². The van der Waals surface area contributed by atoms with Crippen molar-refractivity contribution >= 4 is 11.8 Å². The Morgan fingerprint density at radius 2 is 2.06 bits per heavy atom. The average molecular weight is 220 g/mol. The fourth-order valence-electron chi connectivity index (χ4n) is 1.16. The van der Waals surface area contributed by atoms with Crippen molar-refractivity contribution in [2.24, 2.45) is 0 Å². The number of rotatable bonds is 5. The molecule has 1 radical (unpaired) electrons. The summed E-state index contributed by atoms with van der Waals surface area (Å²) in [4.78, 5) is 11.2. The highest BCUT2D eigenvalue weighted by molar-refractivity contribution is 5.84. The van der Waals surface area contributed by atoms with Crippen LogP contribution in [0.15, 0.2) is 36.9 Å². The fraction of sp³-hybridized carbons (Fsp3) is 0.250. The van der Waals surface area contributed by atoms with E-state index in [2.05, 4.69) is 11.9 Å². The number of anilines is 1. The molecule has 0 saturated carbocycles. The minimum Gasteiger partial charge on any atom is -0.445 e. The zero-order valence-corrected chi connectivity index (χ0v) is 8.94. The SMILES string of the molecule is C=CCOC(=O)Nc1ccc(CC[O])cc1. The quantitative estimate of drug-likeness (QED) is 0.774. The molecule has 1 N–H and O–H groups in total. The molecule has 0 atom stereocenters. The molecule has 0 unspecified atom stereocenters. The Hall–Kier alpha value is -1.81. The molecule has 16 heavy (non-hydrogen) atoms. The van der Waals surface area contributed by atoms with Crippen molar-refractivity contribution in [2.75, 3.05) is 18.5 Å². The highest BCUT2D eigenvalue weighted by Gasteiger charge is 2.01. The van der Waals surface area contributed by atoms with Crippen molar-refractivity contribution in [3.05, 3.63) is 42.5 Å². The Bertz CT molecular complexity index is 346. The van der Waals surface area contributed by atoms with Gasteiger partial charge in [0.15, 0.2) is 0 Å². The lowest BCUT2D eigenvalue weighted by Crippen LogP contribution is -2.13. The minimum absolute atomic E-state index is 0.131.